The quantitative estimate of drug-likeness (QED) is 0.524. The highest BCUT2D eigenvalue weighted by atomic mass is 16.5. The Balaban J connectivity index is 1.37. The van der Waals surface area contributed by atoms with Crippen molar-refractivity contribution in [3.8, 4) is 0 Å². The van der Waals surface area contributed by atoms with Gasteiger partial charge in [-0.05, 0) is 81.8 Å². The monoisotopic (exact) mass is 451 g/mol. The molecule has 5 nitrogen and oxygen atoms in total. The average molecular weight is 452 g/mol. The Kier molecular flexibility index (Phi) is 7.15. The van der Waals surface area contributed by atoms with Gasteiger partial charge in [0.1, 0.15) is 17.8 Å². The van der Waals surface area contributed by atoms with Crippen molar-refractivity contribution in [2.45, 2.75) is 96.6 Å². The Morgan fingerprint density at radius 3 is 2.76 bits per heavy atom. The molecule has 1 spiro atoms. The van der Waals surface area contributed by atoms with Crippen LogP contribution in [0, 0.1) is 17.3 Å². The van der Waals surface area contributed by atoms with E-state index in [0.29, 0.717) is 17.6 Å². The summed E-state index contributed by atoms with van der Waals surface area (Å²) in [6.45, 7) is 4.63. The number of Topliss-reactive ketones (excluding diaryl/α,β-unsaturated/α-hetero) is 1. The maximum Gasteiger partial charge on any atom is 0.139 e. The Hall–Kier alpha value is -1.75. The van der Waals surface area contributed by atoms with Crippen LogP contribution in [0.3, 0.4) is 0 Å². The molecule has 6 aliphatic rings. The molecule has 0 aromatic heterocycles. The number of allylic oxidation sites excluding steroid dienone is 1. The van der Waals surface area contributed by atoms with E-state index in [1.54, 1.807) is 5.57 Å². The first-order valence-corrected chi connectivity index (χ1v) is 13.5. The second-order valence-electron chi connectivity index (χ2n) is 11.0. The molecule has 1 aliphatic carbocycles. The Morgan fingerprint density at radius 2 is 1.88 bits per heavy atom. The van der Waals surface area contributed by atoms with Crippen molar-refractivity contribution in [2.24, 2.45) is 27.2 Å². The summed E-state index contributed by atoms with van der Waals surface area (Å²) in [4.78, 5) is 23.5. The molecule has 180 valence electrons. The first-order valence-electron chi connectivity index (χ1n) is 13.5. The van der Waals surface area contributed by atoms with Crippen LogP contribution >= 0.6 is 0 Å². The summed E-state index contributed by atoms with van der Waals surface area (Å²) in [6.07, 6.45) is 18.3. The van der Waals surface area contributed by atoms with Gasteiger partial charge in [-0.3, -0.25) is 14.8 Å². The molecular weight excluding hydrogens is 410 g/mol. The molecule has 3 unspecified atom stereocenters. The van der Waals surface area contributed by atoms with E-state index >= 15 is 0 Å². The van der Waals surface area contributed by atoms with Crippen molar-refractivity contribution >= 4 is 17.3 Å². The molecule has 3 atom stereocenters. The van der Waals surface area contributed by atoms with Crippen LogP contribution in [0.5, 0.6) is 0 Å². The third-order valence-electron chi connectivity index (χ3n) is 8.82. The normalized spacial score (nSPS) is 33.1. The fourth-order valence-electron chi connectivity index (χ4n) is 6.55. The van der Waals surface area contributed by atoms with Crippen LogP contribution in [0.15, 0.2) is 33.3 Å². The first kappa shape index (κ1) is 23.0. The number of carbonyl (C=O) groups excluding carboxylic acids is 1. The van der Waals surface area contributed by atoms with Gasteiger partial charge >= 0.3 is 0 Å². The van der Waals surface area contributed by atoms with Gasteiger partial charge in [-0.1, -0.05) is 31.4 Å². The SMILES string of the molecule is CC1C=CC2=NC1NC1=NCCC3=C1CCC(CCC(=O)C1(CCCCC2)CCOCC1)C3. The predicted molar refractivity (Wildman–Crippen MR) is 134 cm³/mol. The number of carbonyl (C=O) groups is 1. The van der Waals surface area contributed by atoms with Crippen LogP contribution in [-0.4, -0.2) is 43.3 Å². The summed E-state index contributed by atoms with van der Waals surface area (Å²) in [7, 11) is 0. The van der Waals surface area contributed by atoms with E-state index in [4.69, 9.17) is 14.7 Å². The number of amidine groups is 1. The number of nitrogens with one attached hydrogen (secondary N) is 1. The van der Waals surface area contributed by atoms with Crippen molar-refractivity contribution in [3.63, 3.8) is 0 Å². The van der Waals surface area contributed by atoms with Gasteiger partial charge in [0, 0.05) is 43.2 Å². The third kappa shape index (κ3) is 5.18. The van der Waals surface area contributed by atoms with Crippen LogP contribution < -0.4 is 5.32 Å². The summed E-state index contributed by atoms with van der Waals surface area (Å²) in [5.41, 5.74) is 4.11. The molecule has 6 rings (SSSR count). The Labute approximate surface area is 199 Å². The summed E-state index contributed by atoms with van der Waals surface area (Å²) < 4.78 is 5.66. The zero-order valence-electron chi connectivity index (χ0n) is 20.4. The lowest BCUT2D eigenvalue weighted by Gasteiger charge is -2.37. The van der Waals surface area contributed by atoms with E-state index in [1.807, 2.05) is 0 Å². The van der Waals surface area contributed by atoms with Gasteiger partial charge in [0.15, 0.2) is 0 Å². The van der Waals surface area contributed by atoms with Gasteiger partial charge in [0.05, 0.1) is 0 Å². The summed E-state index contributed by atoms with van der Waals surface area (Å²) in [5, 5.41) is 3.73. The molecule has 5 aliphatic heterocycles. The number of hydrogen-bond acceptors (Lipinski definition) is 5. The van der Waals surface area contributed by atoms with E-state index < -0.39 is 0 Å². The molecule has 0 radical (unpaired) electrons. The summed E-state index contributed by atoms with van der Waals surface area (Å²) in [6, 6.07) is 0. The van der Waals surface area contributed by atoms with Gasteiger partial charge in [-0.15, -0.1) is 0 Å². The van der Waals surface area contributed by atoms with Crippen LogP contribution in [0.2, 0.25) is 0 Å². The number of hydrogen-bond donors (Lipinski definition) is 1. The lowest BCUT2D eigenvalue weighted by Crippen LogP contribution is -2.42. The highest BCUT2D eigenvalue weighted by Gasteiger charge is 2.39. The summed E-state index contributed by atoms with van der Waals surface area (Å²) in [5.74, 6) is 2.65. The van der Waals surface area contributed by atoms with Crippen molar-refractivity contribution in [2.75, 3.05) is 19.8 Å². The molecule has 1 fully saturated rings. The zero-order valence-corrected chi connectivity index (χ0v) is 20.4. The smallest absolute Gasteiger partial charge is 0.139 e. The molecule has 6 bridgehead atoms. The van der Waals surface area contributed by atoms with Crippen LogP contribution in [0.1, 0.15) is 90.4 Å². The largest absolute Gasteiger partial charge is 0.381 e. The fourth-order valence-corrected chi connectivity index (χ4v) is 6.55. The molecule has 0 aromatic rings. The fraction of sp³-hybridized carbons (Fsp3) is 0.750. The van der Waals surface area contributed by atoms with E-state index in [1.165, 1.54) is 24.1 Å². The minimum atomic E-state index is -0.125. The van der Waals surface area contributed by atoms with E-state index in [-0.39, 0.29) is 11.6 Å². The number of rotatable bonds is 0. The molecule has 0 aromatic carbocycles. The topological polar surface area (TPSA) is 63.0 Å². The number of dihydropyridines is 2. The van der Waals surface area contributed by atoms with E-state index in [0.717, 1.165) is 96.2 Å². The van der Waals surface area contributed by atoms with Gasteiger partial charge in [0.2, 0.25) is 0 Å². The number of ketones is 1. The molecule has 1 N–H and O–H groups in total. The van der Waals surface area contributed by atoms with Gasteiger partial charge in [-0.2, -0.15) is 0 Å². The van der Waals surface area contributed by atoms with Crippen molar-refractivity contribution in [1.29, 1.82) is 0 Å². The molecule has 0 amide bonds. The number of nitrogens with zero attached hydrogens (tertiary/aromatic N) is 2. The van der Waals surface area contributed by atoms with Gasteiger partial charge < -0.3 is 10.1 Å². The molecule has 5 heterocycles. The lowest BCUT2D eigenvalue weighted by molar-refractivity contribution is -0.135. The Bertz CT molecular complexity index is 862. The molecule has 1 saturated heterocycles. The van der Waals surface area contributed by atoms with Crippen LogP contribution in [0.4, 0.5) is 0 Å². The number of fused-ring (bicyclic) bond motifs is 7. The first-order chi connectivity index (χ1) is 16.1. The van der Waals surface area contributed by atoms with Crippen molar-refractivity contribution in [3.05, 3.63) is 23.3 Å². The van der Waals surface area contributed by atoms with Crippen molar-refractivity contribution < 1.29 is 9.53 Å². The van der Waals surface area contributed by atoms with Crippen LogP contribution in [-0.2, 0) is 9.53 Å². The zero-order chi connectivity index (χ0) is 22.7. The second-order valence-corrected chi connectivity index (χ2v) is 11.0. The highest BCUT2D eigenvalue weighted by Crippen LogP contribution is 2.41. The molecule has 33 heavy (non-hydrogen) atoms. The predicted octanol–water partition coefficient (Wildman–Crippen LogP) is 5.56. The Morgan fingerprint density at radius 1 is 1.03 bits per heavy atom. The lowest BCUT2D eigenvalue weighted by atomic mass is 9.70. The standard InChI is InChI=1S/C28H41N3O2/c1-20-6-9-23-5-3-2-4-13-28(14-17-33-18-15-28)25(32)11-8-21-7-10-24-22(19-21)12-16-29-27(24)31-26(20)30-23/h6,9,20-21,26H,2-5,7-8,10-19H2,1H3,(H,29,31). The minimum Gasteiger partial charge on any atom is -0.381 e. The molecule has 5 heteroatoms. The second kappa shape index (κ2) is 10.2. The maximum absolute atomic E-state index is 13.5. The van der Waals surface area contributed by atoms with Crippen molar-refractivity contribution in [1.82, 2.24) is 5.32 Å². The van der Waals surface area contributed by atoms with Gasteiger partial charge in [-0.25, -0.2) is 0 Å². The average Bonchev–Trinajstić information content (AvgIpc) is 2.84. The number of ether oxygens (including phenoxy) is 1. The minimum absolute atomic E-state index is 0.0929. The molecular formula is C28H41N3O2. The highest BCUT2D eigenvalue weighted by molar-refractivity contribution is 6.01. The maximum atomic E-state index is 13.5. The number of aliphatic imine (C=N–C) groups is 2. The van der Waals surface area contributed by atoms with Gasteiger partial charge in [0.25, 0.3) is 0 Å². The van der Waals surface area contributed by atoms with E-state index in [9.17, 15) is 4.79 Å². The molecule has 0 saturated carbocycles. The third-order valence-corrected chi connectivity index (χ3v) is 8.82. The van der Waals surface area contributed by atoms with E-state index in [2.05, 4.69) is 24.4 Å². The van der Waals surface area contributed by atoms with Crippen LogP contribution in [0.25, 0.3) is 0 Å². The summed E-state index contributed by atoms with van der Waals surface area (Å²) >= 11 is 0.